The maximum Gasteiger partial charge on any atom is 0.338 e. The van der Waals surface area contributed by atoms with Crippen molar-refractivity contribution in [1.29, 1.82) is 0 Å². The molecule has 8 heteroatoms. The highest BCUT2D eigenvalue weighted by atomic mass is 32.2. The first-order chi connectivity index (χ1) is 11.6. The zero-order valence-corrected chi connectivity index (χ0v) is 13.1. The third-order valence-corrected chi connectivity index (χ3v) is 5.54. The van der Waals surface area contributed by atoms with E-state index in [2.05, 4.69) is 25.9 Å². The van der Waals surface area contributed by atoms with Crippen molar-refractivity contribution in [3.8, 4) is 5.95 Å². The van der Waals surface area contributed by atoms with Gasteiger partial charge in [-0.15, -0.1) is 0 Å². The smallest absolute Gasteiger partial charge is 0.338 e. The van der Waals surface area contributed by atoms with E-state index in [1.54, 1.807) is 6.07 Å². The summed E-state index contributed by atoms with van der Waals surface area (Å²) in [7, 11) is -0.639. The van der Waals surface area contributed by atoms with Crippen molar-refractivity contribution in [1.82, 2.24) is 19.7 Å². The van der Waals surface area contributed by atoms with Crippen molar-refractivity contribution in [3.05, 3.63) is 69.5 Å². The summed E-state index contributed by atoms with van der Waals surface area (Å²) < 4.78 is 1.26. The maximum absolute atomic E-state index is 12.4. The van der Waals surface area contributed by atoms with Crippen LogP contribution in [0, 0.1) is 0 Å². The van der Waals surface area contributed by atoms with Gasteiger partial charge in [0.2, 0.25) is 5.95 Å². The molecule has 120 valence electrons. The monoisotopic (exact) mass is 340 g/mol. The molecule has 0 spiro atoms. The highest BCUT2D eigenvalue weighted by Gasteiger charge is 2.14. The molecule has 0 saturated carbocycles. The molecule has 0 atom stereocenters. The molecule has 2 N–H and O–H groups in total. The number of thiol groups is 1. The predicted octanol–water partition coefficient (Wildman–Crippen LogP) is 2.21. The number of para-hydroxylation sites is 1. The molecule has 0 amide bonds. The van der Waals surface area contributed by atoms with Crippen molar-refractivity contribution in [3.63, 3.8) is 0 Å². The fourth-order valence-corrected chi connectivity index (χ4v) is 4.16. The van der Waals surface area contributed by atoms with Crippen LogP contribution in [0.15, 0.2) is 63.3 Å². The molecule has 1 aromatic carbocycles. The average molecular weight is 340 g/mol. The van der Waals surface area contributed by atoms with Crippen molar-refractivity contribution in [2.75, 3.05) is 0 Å². The normalized spacial score (nSPS) is 14.6. The van der Waals surface area contributed by atoms with Gasteiger partial charge in [0.1, 0.15) is 0 Å². The maximum atomic E-state index is 12.4. The average Bonchev–Trinajstić information content (AvgIpc) is 3.26. The third-order valence-electron chi connectivity index (χ3n) is 3.63. The van der Waals surface area contributed by atoms with Crippen molar-refractivity contribution >= 4 is 27.8 Å². The van der Waals surface area contributed by atoms with Crippen molar-refractivity contribution in [2.24, 2.45) is 0 Å². The molecule has 3 heterocycles. The van der Waals surface area contributed by atoms with Crippen LogP contribution in [0.25, 0.3) is 16.9 Å². The third kappa shape index (κ3) is 2.33. The molecule has 0 unspecified atom stereocenters. The minimum absolute atomic E-state index is 0.0251. The number of benzene rings is 1. The van der Waals surface area contributed by atoms with Crippen LogP contribution < -0.4 is 5.56 Å². The van der Waals surface area contributed by atoms with Gasteiger partial charge >= 0.3 is 5.97 Å². The topological polar surface area (TPSA) is 101 Å². The van der Waals surface area contributed by atoms with Crippen LogP contribution >= 0.6 is 10.9 Å². The van der Waals surface area contributed by atoms with Crippen LogP contribution in [-0.4, -0.2) is 30.8 Å². The van der Waals surface area contributed by atoms with Crippen LogP contribution in [0.3, 0.4) is 0 Å². The molecule has 1 aliphatic heterocycles. The molecular weight excluding hydrogens is 328 g/mol. The number of hydrogen-bond acceptors (Lipinski definition) is 4. The van der Waals surface area contributed by atoms with Gasteiger partial charge in [-0.2, -0.15) is 16.0 Å². The van der Waals surface area contributed by atoms with Crippen LogP contribution in [0.2, 0.25) is 0 Å². The van der Waals surface area contributed by atoms with Crippen molar-refractivity contribution in [2.45, 2.75) is 4.90 Å². The fraction of sp³-hybridized carbons (Fsp3) is 0. The van der Waals surface area contributed by atoms with Crippen LogP contribution in [-0.2, 0) is 0 Å². The Hall–Kier alpha value is -3.13. The van der Waals surface area contributed by atoms with E-state index in [1.807, 2.05) is 24.3 Å². The van der Waals surface area contributed by atoms with E-state index in [4.69, 9.17) is 5.11 Å². The molecule has 0 saturated heterocycles. The van der Waals surface area contributed by atoms with E-state index >= 15 is 0 Å². The van der Waals surface area contributed by atoms with Gasteiger partial charge in [0.25, 0.3) is 5.56 Å². The second-order valence-electron chi connectivity index (χ2n) is 5.13. The van der Waals surface area contributed by atoms with Crippen LogP contribution in [0.5, 0.6) is 0 Å². The number of aromatic carboxylic acids is 1. The number of nitrogens with one attached hydrogen (secondary N) is 1. The number of H-pyrrole nitrogens is 1. The first-order valence-corrected chi connectivity index (χ1v) is 8.56. The van der Waals surface area contributed by atoms with Crippen molar-refractivity contribution < 1.29 is 9.90 Å². The Bertz CT molecular complexity index is 1070. The van der Waals surface area contributed by atoms with Gasteiger partial charge in [-0.05, 0) is 22.9 Å². The highest BCUT2D eigenvalue weighted by Crippen LogP contribution is 2.44. The Morgan fingerprint density at radius 2 is 2.04 bits per heavy atom. The standard InChI is InChI=1S/C16H12N4O3S/c21-14-11-4-3-5-12(24-6-1-2-7-24)13(11)18-16(19-14)20-9-10(8-17-20)15(22)23/h1-9,24H,(H,22,23)(H,18,19,21). The Balaban J connectivity index is 1.93. The number of hydrogen-bond donors (Lipinski definition) is 3. The lowest BCUT2D eigenvalue weighted by Crippen LogP contribution is -2.14. The summed E-state index contributed by atoms with van der Waals surface area (Å²) in [4.78, 5) is 31.5. The van der Waals surface area contributed by atoms with E-state index in [0.29, 0.717) is 10.9 Å². The zero-order chi connectivity index (χ0) is 16.7. The van der Waals surface area contributed by atoms with E-state index in [-0.39, 0.29) is 17.1 Å². The number of rotatable bonds is 3. The number of carboxylic acids is 1. The number of aromatic amines is 1. The summed E-state index contributed by atoms with van der Waals surface area (Å²) in [6.07, 6.45) is 6.48. The second-order valence-corrected chi connectivity index (χ2v) is 7.02. The molecule has 0 bridgehead atoms. The lowest BCUT2D eigenvalue weighted by Gasteiger charge is -2.13. The number of carboxylic acid groups (broad SMARTS) is 1. The molecule has 3 aromatic rings. The molecule has 0 fully saturated rings. The van der Waals surface area contributed by atoms with Crippen LogP contribution in [0.1, 0.15) is 10.4 Å². The largest absolute Gasteiger partial charge is 0.478 e. The molecule has 0 aliphatic carbocycles. The van der Waals surface area contributed by atoms with E-state index in [9.17, 15) is 9.59 Å². The molecule has 2 aromatic heterocycles. The minimum atomic E-state index is -1.09. The first kappa shape index (κ1) is 14.5. The summed E-state index contributed by atoms with van der Waals surface area (Å²) in [5.74, 6) is -0.899. The molecular formula is C16H12N4O3S. The summed E-state index contributed by atoms with van der Waals surface area (Å²) in [5, 5.41) is 17.6. The zero-order valence-electron chi connectivity index (χ0n) is 12.2. The Morgan fingerprint density at radius 1 is 1.25 bits per heavy atom. The SMILES string of the molecule is O=C(O)c1cnn(-c2nc3c([SH]4C=CC=C4)cccc3c(=O)[nH]2)c1. The lowest BCUT2D eigenvalue weighted by atomic mass is 10.2. The first-order valence-electron chi connectivity index (χ1n) is 7.08. The highest BCUT2D eigenvalue weighted by molar-refractivity contribution is 8.22. The quantitative estimate of drug-likeness (QED) is 0.635. The number of fused-ring (bicyclic) bond motifs is 1. The Labute approximate surface area is 138 Å². The molecule has 24 heavy (non-hydrogen) atoms. The van der Waals surface area contributed by atoms with E-state index < -0.39 is 16.9 Å². The fourth-order valence-electron chi connectivity index (χ4n) is 2.50. The number of allylic oxidation sites excluding steroid dienone is 2. The van der Waals surface area contributed by atoms with Gasteiger partial charge < -0.3 is 5.11 Å². The molecule has 0 radical (unpaired) electrons. The number of carbonyl (C=O) groups is 1. The number of aromatic nitrogens is 4. The lowest BCUT2D eigenvalue weighted by molar-refractivity contribution is 0.0697. The summed E-state index contributed by atoms with van der Waals surface area (Å²) in [5.41, 5.74) is 0.342. The van der Waals surface area contributed by atoms with Gasteiger partial charge in [-0.3, -0.25) is 9.78 Å². The Kier molecular flexibility index (Phi) is 3.31. The molecule has 7 nitrogen and oxygen atoms in total. The van der Waals surface area contributed by atoms with Gasteiger partial charge in [-0.25, -0.2) is 14.5 Å². The van der Waals surface area contributed by atoms with Gasteiger partial charge in [0, 0.05) is 11.1 Å². The van der Waals surface area contributed by atoms with Gasteiger partial charge in [0.15, 0.2) is 0 Å². The number of nitrogens with zero attached hydrogens (tertiary/aromatic N) is 3. The summed E-state index contributed by atoms with van der Waals surface area (Å²) in [6.45, 7) is 0. The predicted molar refractivity (Wildman–Crippen MR) is 92.0 cm³/mol. The van der Waals surface area contributed by atoms with E-state index in [1.165, 1.54) is 17.1 Å². The minimum Gasteiger partial charge on any atom is -0.478 e. The van der Waals surface area contributed by atoms with Crippen LogP contribution in [0.4, 0.5) is 0 Å². The Morgan fingerprint density at radius 3 is 2.75 bits per heavy atom. The summed E-state index contributed by atoms with van der Waals surface area (Å²) >= 11 is 0. The van der Waals surface area contributed by atoms with E-state index in [0.717, 1.165) is 4.90 Å². The molecule has 1 aliphatic rings. The van der Waals surface area contributed by atoms with Gasteiger partial charge in [-0.1, -0.05) is 18.2 Å². The molecule has 4 rings (SSSR count). The second kappa shape index (κ2) is 5.50. The summed E-state index contributed by atoms with van der Waals surface area (Å²) in [6, 6.07) is 5.52. The van der Waals surface area contributed by atoms with Gasteiger partial charge in [0.05, 0.1) is 22.7 Å².